The van der Waals surface area contributed by atoms with Gasteiger partial charge in [-0.2, -0.15) is 5.10 Å². The van der Waals surface area contributed by atoms with Gasteiger partial charge in [0.1, 0.15) is 5.60 Å². The Morgan fingerprint density at radius 1 is 1.20 bits per heavy atom. The smallest absolute Gasteiger partial charge is 0.410 e. The van der Waals surface area contributed by atoms with E-state index in [9.17, 15) is 9.59 Å². The number of rotatable bonds is 3. The summed E-state index contributed by atoms with van der Waals surface area (Å²) in [6.45, 7) is 6.52. The van der Waals surface area contributed by atoms with E-state index in [2.05, 4.69) is 15.4 Å². The van der Waals surface area contributed by atoms with E-state index in [4.69, 9.17) is 4.74 Å². The van der Waals surface area contributed by atoms with Gasteiger partial charge in [-0.25, -0.2) is 14.5 Å². The number of anilines is 1. The van der Waals surface area contributed by atoms with Gasteiger partial charge in [-0.3, -0.25) is 10.1 Å². The van der Waals surface area contributed by atoms with Crippen LogP contribution in [0.15, 0.2) is 42.7 Å². The molecule has 1 N–H and O–H groups in total. The third-order valence-electron chi connectivity index (χ3n) is 4.47. The zero-order valence-corrected chi connectivity index (χ0v) is 17.9. The third-order valence-corrected chi connectivity index (χ3v) is 5.47. The molecule has 0 spiro atoms. The van der Waals surface area contributed by atoms with Crippen LogP contribution in [0.5, 0.6) is 0 Å². The second-order valence-electron chi connectivity index (χ2n) is 8.00. The fourth-order valence-corrected chi connectivity index (χ4v) is 4.08. The molecule has 0 fully saturated rings. The molecule has 9 heteroatoms. The molecule has 2 aromatic heterocycles. The summed E-state index contributed by atoms with van der Waals surface area (Å²) in [5.41, 5.74) is 1.70. The van der Waals surface area contributed by atoms with E-state index in [1.807, 2.05) is 51.1 Å². The zero-order chi connectivity index (χ0) is 21.3. The summed E-state index contributed by atoms with van der Waals surface area (Å²) in [4.78, 5) is 32.1. The molecule has 30 heavy (non-hydrogen) atoms. The average Bonchev–Trinajstić information content (AvgIpc) is 3.33. The number of hydrogen-bond acceptors (Lipinski definition) is 6. The Balaban J connectivity index is 1.42. The van der Waals surface area contributed by atoms with Gasteiger partial charge in [0, 0.05) is 24.0 Å². The molecule has 0 atom stereocenters. The van der Waals surface area contributed by atoms with Crippen LogP contribution in [0.3, 0.4) is 0 Å². The monoisotopic (exact) mass is 425 g/mol. The zero-order valence-electron chi connectivity index (χ0n) is 17.1. The fourth-order valence-electron chi connectivity index (χ4n) is 3.06. The molecule has 156 valence electrons. The molecule has 0 bridgehead atoms. The molecule has 3 aromatic rings. The number of ether oxygens (including phenoxy) is 1. The predicted octanol–water partition coefficient (Wildman–Crippen LogP) is 3.87. The highest BCUT2D eigenvalue weighted by Gasteiger charge is 2.28. The Hall–Kier alpha value is -3.20. The van der Waals surface area contributed by atoms with Gasteiger partial charge in [0.15, 0.2) is 5.13 Å². The second-order valence-corrected chi connectivity index (χ2v) is 9.09. The van der Waals surface area contributed by atoms with Crippen LogP contribution in [0, 0.1) is 0 Å². The molecule has 0 saturated heterocycles. The number of thiazole rings is 1. The SMILES string of the molecule is CC(C)(C)OC(=O)N1CCc2nc(NC(=O)c3cnn(-c4ccccc4)c3)sc2C1. The molecule has 1 aromatic carbocycles. The Bertz CT molecular complexity index is 1070. The van der Waals surface area contributed by atoms with Gasteiger partial charge >= 0.3 is 6.09 Å². The van der Waals surface area contributed by atoms with Crippen LogP contribution in [0.25, 0.3) is 5.69 Å². The first-order chi connectivity index (χ1) is 14.3. The highest BCUT2D eigenvalue weighted by molar-refractivity contribution is 7.15. The summed E-state index contributed by atoms with van der Waals surface area (Å²) in [7, 11) is 0. The summed E-state index contributed by atoms with van der Waals surface area (Å²) in [5, 5.41) is 7.61. The number of fused-ring (bicyclic) bond motifs is 1. The van der Waals surface area contributed by atoms with Crippen LogP contribution in [0.4, 0.5) is 9.93 Å². The van der Waals surface area contributed by atoms with Crippen molar-refractivity contribution in [2.75, 3.05) is 11.9 Å². The Morgan fingerprint density at radius 3 is 2.70 bits per heavy atom. The van der Waals surface area contributed by atoms with Crippen molar-refractivity contribution in [3.05, 3.63) is 58.9 Å². The van der Waals surface area contributed by atoms with Crippen LogP contribution in [-0.4, -0.2) is 43.8 Å². The highest BCUT2D eigenvalue weighted by atomic mass is 32.1. The van der Waals surface area contributed by atoms with Gasteiger partial charge in [0.05, 0.1) is 29.7 Å². The lowest BCUT2D eigenvalue weighted by atomic mass is 10.2. The van der Waals surface area contributed by atoms with Crippen molar-refractivity contribution in [3.8, 4) is 5.69 Å². The molecule has 4 rings (SSSR count). The molecular weight excluding hydrogens is 402 g/mol. The molecule has 2 amide bonds. The molecule has 0 aliphatic carbocycles. The predicted molar refractivity (Wildman–Crippen MR) is 114 cm³/mol. The van der Waals surface area contributed by atoms with Gasteiger partial charge in [-0.05, 0) is 32.9 Å². The minimum absolute atomic E-state index is 0.271. The lowest BCUT2D eigenvalue weighted by Crippen LogP contribution is -2.39. The minimum atomic E-state index is -0.533. The second kappa shape index (κ2) is 7.91. The normalized spacial score (nSPS) is 13.6. The molecule has 1 aliphatic heterocycles. The fraction of sp³-hybridized carbons (Fsp3) is 0.333. The van der Waals surface area contributed by atoms with Crippen molar-refractivity contribution in [2.45, 2.75) is 39.3 Å². The molecule has 3 heterocycles. The summed E-state index contributed by atoms with van der Waals surface area (Å²) >= 11 is 1.38. The Labute approximate surface area is 178 Å². The first-order valence-corrected chi connectivity index (χ1v) is 10.5. The van der Waals surface area contributed by atoms with Crippen LogP contribution in [0.1, 0.15) is 41.7 Å². The molecule has 8 nitrogen and oxygen atoms in total. The van der Waals surface area contributed by atoms with Gasteiger partial charge in [0.25, 0.3) is 5.91 Å². The van der Waals surface area contributed by atoms with Gasteiger partial charge < -0.3 is 9.64 Å². The third kappa shape index (κ3) is 4.51. The maximum Gasteiger partial charge on any atom is 0.410 e. The number of hydrogen-bond donors (Lipinski definition) is 1. The van der Waals surface area contributed by atoms with Crippen molar-refractivity contribution in [3.63, 3.8) is 0 Å². The van der Waals surface area contributed by atoms with E-state index in [0.717, 1.165) is 16.3 Å². The topological polar surface area (TPSA) is 89.3 Å². The van der Waals surface area contributed by atoms with E-state index < -0.39 is 5.60 Å². The van der Waals surface area contributed by atoms with E-state index in [1.165, 1.54) is 17.5 Å². The number of nitrogens with one attached hydrogen (secondary N) is 1. The summed E-state index contributed by atoms with van der Waals surface area (Å²) < 4.78 is 7.11. The van der Waals surface area contributed by atoms with E-state index in [0.29, 0.717) is 30.2 Å². The van der Waals surface area contributed by atoms with Crippen molar-refractivity contribution in [1.82, 2.24) is 19.7 Å². The summed E-state index contributed by atoms with van der Waals surface area (Å²) in [6, 6.07) is 9.59. The summed E-state index contributed by atoms with van der Waals surface area (Å²) in [5.74, 6) is -0.271. The van der Waals surface area contributed by atoms with Gasteiger partial charge in [0.2, 0.25) is 0 Å². The van der Waals surface area contributed by atoms with Crippen molar-refractivity contribution >= 4 is 28.5 Å². The van der Waals surface area contributed by atoms with Crippen LogP contribution < -0.4 is 5.32 Å². The maximum atomic E-state index is 12.6. The first kappa shape index (κ1) is 20.1. The Morgan fingerprint density at radius 2 is 1.97 bits per heavy atom. The molecule has 0 radical (unpaired) electrons. The lowest BCUT2D eigenvalue weighted by molar-refractivity contribution is 0.0225. The Kier molecular flexibility index (Phi) is 5.29. The van der Waals surface area contributed by atoms with Gasteiger partial charge in [-0.15, -0.1) is 0 Å². The number of aromatic nitrogens is 3. The maximum absolute atomic E-state index is 12.6. The molecule has 0 saturated carbocycles. The van der Waals surface area contributed by atoms with E-state index >= 15 is 0 Å². The molecule has 0 unspecified atom stereocenters. The lowest BCUT2D eigenvalue weighted by Gasteiger charge is -2.29. The summed E-state index contributed by atoms with van der Waals surface area (Å²) in [6.07, 6.45) is 3.51. The largest absolute Gasteiger partial charge is 0.444 e. The van der Waals surface area contributed by atoms with Crippen LogP contribution in [0.2, 0.25) is 0 Å². The van der Waals surface area contributed by atoms with Crippen molar-refractivity contribution in [2.24, 2.45) is 0 Å². The number of para-hydroxylation sites is 1. The van der Waals surface area contributed by atoms with Crippen molar-refractivity contribution < 1.29 is 14.3 Å². The highest BCUT2D eigenvalue weighted by Crippen LogP contribution is 2.29. The number of benzene rings is 1. The van der Waals surface area contributed by atoms with Crippen molar-refractivity contribution in [1.29, 1.82) is 0 Å². The van der Waals surface area contributed by atoms with Crippen LogP contribution >= 0.6 is 11.3 Å². The van der Waals surface area contributed by atoms with E-state index in [-0.39, 0.29) is 12.0 Å². The minimum Gasteiger partial charge on any atom is -0.444 e. The number of carbonyl (C=O) groups is 2. The average molecular weight is 426 g/mol. The molecular formula is C21H23N5O3S. The first-order valence-electron chi connectivity index (χ1n) is 9.66. The number of nitrogens with zero attached hydrogens (tertiary/aromatic N) is 4. The number of amides is 2. The molecule has 1 aliphatic rings. The quantitative estimate of drug-likeness (QED) is 0.688. The standard InChI is InChI=1S/C21H23N5O3S/c1-21(2,3)29-20(28)25-10-9-16-17(13-25)30-19(23-16)24-18(27)14-11-22-26(12-14)15-7-5-4-6-8-15/h4-8,11-12H,9-10,13H2,1-3H3,(H,23,24,27). The van der Waals surface area contributed by atoms with E-state index in [1.54, 1.807) is 15.8 Å². The van der Waals surface area contributed by atoms with Crippen LogP contribution in [-0.2, 0) is 17.7 Å². The number of carbonyl (C=O) groups excluding carboxylic acids is 2. The van der Waals surface area contributed by atoms with Gasteiger partial charge in [-0.1, -0.05) is 29.5 Å².